The molecule has 3 heterocycles. The molecule has 0 unspecified atom stereocenters. The number of benzene rings is 1. The fourth-order valence-electron chi connectivity index (χ4n) is 2.95. The van der Waals surface area contributed by atoms with Gasteiger partial charge in [-0.15, -0.1) is 0 Å². The summed E-state index contributed by atoms with van der Waals surface area (Å²) >= 11 is 12.2. The summed E-state index contributed by atoms with van der Waals surface area (Å²) in [4.78, 5) is 12.8. The van der Waals surface area contributed by atoms with Gasteiger partial charge in [0.1, 0.15) is 10.8 Å². The zero-order valence-corrected chi connectivity index (χ0v) is 17.8. The quantitative estimate of drug-likeness (QED) is 0.477. The summed E-state index contributed by atoms with van der Waals surface area (Å²) in [5.41, 5.74) is 3.00. The Labute approximate surface area is 182 Å². The van der Waals surface area contributed by atoms with E-state index in [-0.39, 0.29) is 11.5 Å². The van der Waals surface area contributed by atoms with Crippen molar-refractivity contribution in [3.63, 3.8) is 0 Å². The zero-order chi connectivity index (χ0) is 21.3. The Kier molecular flexibility index (Phi) is 5.61. The Morgan fingerprint density at radius 2 is 1.87 bits per heavy atom. The molecule has 10 heteroatoms. The Hall–Kier alpha value is -3.10. The van der Waals surface area contributed by atoms with E-state index in [2.05, 4.69) is 20.7 Å². The fraction of sp³-hybridized carbons (Fsp3) is 0.200. The molecular weight excluding hydrogens is 427 g/mol. The van der Waals surface area contributed by atoms with E-state index in [1.54, 1.807) is 28.7 Å². The largest absolute Gasteiger partial charge is 0.361 e. The summed E-state index contributed by atoms with van der Waals surface area (Å²) in [6, 6.07) is 8.11. The summed E-state index contributed by atoms with van der Waals surface area (Å²) in [6.07, 6.45) is 4.83. The monoisotopic (exact) mass is 444 g/mol. The van der Waals surface area contributed by atoms with E-state index in [1.165, 1.54) is 11.8 Å². The molecule has 0 spiro atoms. The summed E-state index contributed by atoms with van der Waals surface area (Å²) in [5.74, 6) is 0.299. The van der Waals surface area contributed by atoms with Crippen LogP contribution in [-0.2, 0) is 13.1 Å². The van der Waals surface area contributed by atoms with Crippen LogP contribution in [0.1, 0.15) is 32.9 Å². The highest BCUT2D eigenvalue weighted by Gasteiger charge is 2.22. The molecule has 8 nitrogen and oxygen atoms in total. The lowest BCUT2D eigenvalue weighted by molar-refractivity contribution is 0.101. The minimum atomic E-state index is -0.470. The third kappa shape index (κ3) is 4.39. The Bertz CT molecular complexity index is 1190. The Morgan fingerprint density at radius 3 is 2.57 bits per heavy atom. The number of rotatable bonds is 6. The molecule has 0 aliphatic heterocycles. The minimum Gasteiger partial charge on any atom is -0.361 e. The highest BCUT2D eigenvalue weighted by atomic mass is 35.5. The van der Waals surface area contributed by atoms with E-state index in [9.17, 15) is 4.79 Å². The first-order chi connectivity index (χ1) is 14.4. The van der Waals surface area contributed by atoms with Gasteiger partial charge in [0.15, 0.2) is 11.5 Å². The third-order valence-corrected chi connectivity index (χ3v) is 5.01. The molecule has 0 radical (unpaired) electrons. The zero-order valence-electron chi connectivity index (χ0n) is 16.3. The Morgan fingerprint density at radius 1 is 1.10 bits per heavy atom. The molecule has 4 rings (SSSR count). The highest BCUT2D eigenvalue weighted by Crippen LogP contribution is 2.22. The van der Waals surface area contributed by atoms with Gasteiger partial charge in [-0.25, -0.2) is 0 Å². The van der Waals surface area contributed by atoms with Crippen molar-refractivity contribution in [1.82, 2.24) is 24.7 Å². The van der Waals surface area contributed by atoms with Crippen molar-refractivity contribution in [1.29, 1.82) is 0 Å². The van der Waals surface area contributed by atoms with E-state index in [4.69, 9.17) is 27.7 Å². The first kappa shape index (κ1) is 20.2. The molecule has 0 saturated heterocycles. The molecule has 0 saturated carbocycles. The predicted molar refractivity (Wildman–Crippen MR) is 113 cm³/mol. The second kappa shape index (κ2) is 8.33. The average molecular weight is 445 g/mol. The Balaban J connectivity index is 1.50. The molecule has 0 aliphatic carbocycles. The lowest BCUT2D eigenvalue weighted by atomic mass is 10.1. The molecule has 1 aromatic carbocycles. The number of hydrogen-bond acceptors (Lipinski definition) is 5. The van der Waals surface area contributed by atoms with Gasteiger partial charge >= 0.3 is 0 Å². The molecule has 0 bridgehead atoms. The van der Waals surface area contributed by atoms with Crippen LogP contribution in [0.2, 0.25) is 10.0 Å². The second-order valence-electron chi connectivity index (χ2n) is 6.88. The van der Waals surface area contributed by atoms with Gasteiger partial charge in [0.25, 0.3) is 5.91 Å². The number of nitrogens with one attached hydrogen (secondary N) is 1. The van der Waals surface area contributed by atoms with Crippen molar-refractivity contribution < 1.29 is 9.32 Å². The second-order valence-corrected chi connectivity index (χ2v) is 7.73. The lowest BCUT2D eigenvalue weighted by Gasteiger charge is -2.04. The molecule has 0 fully saturated rings. The molecule has 154 valence electrons. The van der Waals surface area contributed by atoms with E-state index in [1.807, 2.05) is 31.2 Å². The number of aryl methyl sites for hydroxylation is 2. The van der Waals surface area contributed by atoms with E-state index < -0.39 is 5.91 Å². The van der Waals surface area contributed by atoms with Crippen LogP contribution in [0.25, 0.3) is 0 Å². The lowest BCUT2D eigenvalue weighted by Crippen LogP contribution is -2.16. The van der Waals surface area contributed by atoms with Crippen LogP contribution in [0.5, 0.6) is 0 Å². The van der Waals surface area contributed by atoms with Crippen molar-refractivity contribution in [2.75, 3.05) is 5.32 Å². The van der Waals surface area contributed by atoms with Crippen LogP contribution in [0.4, 0.5) is 5.82 Å². The van der Waals surface area contributed by atoms with Crippen LogP contribution < -0.4 is 5.32 Å². The number of amides is 1. The van der Waals surface area contributed by atoms with Crippen LogP contribution in [0, 0.1) is 13.8 Å². The van der Waals surface area contributed by atoms with Crippen LogP contribution in [0.15, 0.2) is 47.4 Å². The normalized spacial score (nSPS) is 11.1. The maximum Gasteiger partial charge on any atom is 0.279 e. The average Bonchev–Trinajstić information content (AvgIpc) is 3.38. The van der Waals surface area contributed by atoms with Gasteiger partial charge in [-0.1, -0.05) is 58.2 Å². The molecule has 3 aromatic heterocycles. The van der Waals surface area contributed by atoms with Crippen LogP contribution >= 0.6 is 23.2 Å². The van der Waals surface area contributed by atoms with E-state index in [0.29, 0.717) is 34.5 Å². The van der Waals surface area contributed by atoms with Crippen molar-refractivity contribution in [2.45, 2.75) is 26.9 Å². The van der Waals surface area contributed by atoms with Gasteiger partial charge in [-0.05, 0) is 19.4 Å². The maximum atomic E-state index is 12.8. The molecule has 0 atom stereocenters. The highest BCUT2D eigenvalue weighted by molar-refractivity contribution is 6.33. The van der Waals surface area contributed by atoms with Crippen LogP contribution in [-0.4, -0.2) is 30.6 Å². The third-order valence-electron chi connectivity index (χ3n) is 4.54. The maximum absolute atomic E-state index is 12.8. The number of hydrogen-bond donors (Lipinski definition) is 1. The summed E-state index contributed by atoms with van der Waals surface area (Å²) in [6.45, 7) is 4.58. The number of carbonyl (C=O) groups is 1. The molecule has 30 heavy (non-hydrogen) atoms. The molecular formula is C20H18Cl2N6O2. The van der Waals surface area contributed by atoms with Gasteiger partial charge in [0.05, 0.1) is 24.3 Å². The smallest absolute Gasteiger partial charge is 0.279 e. The molecule has 1 N–H and O–H groups in total. The minimum absolute atomic E-state index is 0.142. The molecule has 0 aliphatic rings. The predicted octanol–water partition coefficient (Wildman–Crippen LogP) is 4.34. The SMILES string of the molecule is Cc1ccc(Cn2cc(Cl)c(NC(=O)c3noc(C)c3Cn3cc(Cl)cn3)n2)cc1. The number of aromatic nitrogens is 5. The van der Waals surface area contributed by atoms with Gasteiger partial charge in [0, 0.05) is 18.0 Å². The van der Waals surface area contributed by atoms with Crippen molar-refractivity contribution >= 4 is 34.9 Å². The van der Waals surface area contributed by atoms with Crippen molar-refractivity contribution in [3.8, 4) is 0 Å². The van der Waals surface area contributed by atoms with Gasteiger partial charge in [-0.2, -0.15) is 10.2 Å². The topological polar surface area (TPSA) is 90.8 Å². The van der Waals surface area contributed by atoms with Crippen molar-refractivity contribution in [2.24, 2.45) is 0 Å². The summed E-state index contributed by atoms with van der Waals surface area (Å²) < 4.78 is 8.48. The van der Waals surface area contributed by atoms with Gasteiger partial charge in [0.2, 0.25) is 0 Å². The van der Waals surface area contributed by atoms with E-state index >= 15 is 0 Å². The van der Waals surface area contributed by atoms with E-state index in [0.717, 1.165) is 5.56 Å². The first-order valence-corrected chi connectivity index (χ1v) is 9.87. The first-order valence-electron chi connectivity index (χ1n) is 9.12. The fourth-order valence-corrected chi connectivity index (χ4v) is 3.31. The van der Waals surface area contributed by atoms with Crippen molar-refractivity contribution in [3.05, 3.63) is 81.0 Å². The number of halogens is 2. The standard InChI is InChI=1S/C20H18Cl2N6O2/c1-12-3-5-14(6-4-12)8-28-11-17(22)19(25-28)24-20(29)18-16(13(2)30-26-18)10-27-9-15(21)7-23-27/h3-7,9,11H,8,10H2,1-2H3,(H,24,25,29). The van der Waals surface area contributed by atoms with Gasteiger partial charge in [-0.3, -0.25) is 14.2 Å². The summed E-state index contributed by atoms with van der Waals surface area (Å²) in [5, 5.41) is 15.9. The number of anilines is 1. The molecule has 4 aromatic rings. The van der Waals surface area contributed by atoms with Crippen LogP contribution in [0.3, 0.4) is 0 Å². The summed E-state index contributed by atoms with van der Waals surface area (Å²) in [7, 11) is 0. The molecule has 1 amide bonds. The van der Waals surface area contributed by atoms with Gasteiger partial charge < -0.3 is 9.84 Å². The number of carbonyl (C=O) groups excluding carboxylic acids is 1. The number of nitrogens with zero attached hydrogens (tertiary/aromatic N) is 5.